The molecule has 2 fully saturated rings. The van der Waals surface area contributed by atoms with Crippen LogP contribution in [0.3, 0.4) is 0 Å². The Bertz CT molecular complexity index is 549. The molecule has 2 N–H and O–H groups in total. The van der Waals surface area contributed by atoms with Crippen molar-refractivity contribution >= 4 is 6.03 Å². The largest absolute Gasteiger partial charge is 0.393 e. The van der Waals surface area contributed by atoms with Crippen LogP contribution >= 0.6 is 0 Å². The Balaban J connectivity index is 1.74. The van der Waals surface area contributed by atoms with E-state index in [1.807, 2.05) is 0 Å². The Hall–Kier alpha value is -1.69. The van der Waals surface area contributed by atoms with Crippen LogP contribution in [0.1, 0.15) is 43.7 Å². The summed E-state index contributed by atoms with van der Waals surface area (Å²) in [5, 5.41) is 12.4. The van der Waals surface area contributed by atoms with Gasteiger partial charge in [0.25, 0.3) is 6.43 Å². The summed E-state index contributed by atoms with van der Waals surface area (Å²) in [7, 11) is 0. The molecule has 2 amide bonds. The lowest BCUT2D eigenvalue weighted by molar-refractivity contribution is -0.0418. The molecule has 4 nitrogen and oxygen atoms in total. The van der Waals surface area contributed by atoms with Crippen LogP contribution < -0.4 is 5.32 Å². The maximum absolute atomic E-state index is 13.4. The molecule has 1 aliphatic heterocycles. The van der Waals surface area contributed by atoms with E-state index in [2.05, 4.69) is 5.32 Å². The number of urea groups is 1. The molecular weight excluding hydrogens is 302 g/mol. The van der Waals surface area contributed by atoms with Gasteiger partial charge >= 0.3 is 6.03 Å². The van der Waals surface area contributed by atoms with Crippen LogP contribution in [-0.2, 0) is 0 Å². The van der Waals surface area contributed by atoms with Crippen LogP contribution in [0.5, 0.6) is 0 Å². The maximum Gasteiger partial charge on any atom is 0.318 e. The molecule has 1 saturated heterocycles. The maximum atomic E-state index is 13.4. The fourth-order valence-corrected chi connectivity index (χ4v) is 3.71. The van der Waals surface area contributed by atoms with Gasteiger partial charge < -0.3 is 15.3 Å². The number of likely N-dealkylation sites (tertiary alicyclic amines) is 1. The summed E-state index contributed by atoms with van der Waals surface area (Å²) in [4.78, 5) is 14.3. The van der Waals surface area contributed by atoms with Crippen molar-refractivity contribution < 1.29 is 18.7 Å². The van der Waals surface area contributed by atoms with Crippen molar-refractivity contribution in [2.45, 2.75) is 56.2 Å². The zero-order valence-corrected chi connectivity index (χ0v) is 12.9. The molecule has 2 unspecified atom stereocenters. The van der Waals surface area contributed by atoms with Crippen molar-refractivity contribution in [3.8, 4) is 0 Å². The second kappa shape index (κ2) is 6.43. The van der Waals surface area contributed by atoms with Gasteiger partial charge in [0, 0.05) is 12.1 Å². The number of hydrogen-bond donors (Lipinski definition) is 2. The van der Waals surface area contributed by atoms with Gasteiger partial charge in [-0.15, -0.1) is 0 Å². The fraction of sp³-hybridized carbons (Fsp3) is 0.588. The number of halogens is 2. The number of alkyl halides is 2. The fourth-order valence-electron chi connectivity index (χ4n) is 3.71. The Labute approximate surface area is 134 Å². The van der Waals surface area contributed by atoms with Crippen LogP contribution in [0.25, 0.3) is 0 Å². The average Bonchev–Trinajstić information content (AvgIpc) is 2.51. The molecule has 1 aliphatic carbocycles. The van der Waals surface area contributed by atoms with Crippen molar-refractivity contribution in [1.29, 1.82) is 0 Å². The Morgan fingerprint density at radius 2 is 2.00 bits per heavy atom. The molecule has 126 valence electrons. The van der Waals surface area contributed by atoms with Crippen molar-refractivity contribution in [2.24, 2.45) is 0 Å². The summed E-state index contributed by atoms with van der Waals surface area (Å²) < 4.78 is 26.8. The number of aliphatic hydroxyl groups is 1. The normalized spacial score (nSPS) is 24.3. The third-order valence-corrected chi connectivity index (χ3v) is 5.09. The van der Waals surface area contributed by atoms with Crippen molar-refractivity contribution in [3.05, 3.63) is 35.9 Å². The summed E-state index contributed by atoms with van der Waals surface area (Å²) in [5.41, 5.74) is 0.0565. The highest BCUT2D eigenvalue weighted by Gasteiger charge is 2.48. The highest BCUT2D eigenvalue weighted by atomic mass is 19.3. The third-order valence-electron chi connectivity index (χ3n) is 5.09. The first-order valence-corrected chi connectivity index (χ1v) is 8.11. The van der Waals surface area contributed by atoms with Gasteiger partial charge in [-0.25, -0.2) is 13.6 Å². The van der Waals surface area contributed by atoms with Gasteiger partial charge in [0.15, 0.2) is 0 Å². The number of rotatable bonds is 3. The van der Waals surface area contributed by atoms with Crippen molar-refractivity contribution in [1.82, 2.24) is 10.2 Å². The highest BCUT2D eigenvalue weighted by Crippen LogP contribution is 2.44. The van der Waals surface area contributed by atoms with Crippen LogP contribution in [0.4, 0.5) is 13.6 Å². The number of nitrogens with one attached hydrogen (secondary N) is 1. The summed E-state index contributed by atoms with van der Waals surface area (Å²) in [5.74, 6) is 0. The van der Waals surface area contributed by atoms with Gasteiger partial charge in [-0.05, 0) is 37.7 Å². The number of aliphatic hydroxyl groups excluding tert-OH is 1. The van der Waals surface area contributed by atoms with Crippen LogP contribution in [0.2, 0.25) is 0 Å². The second-order valence-corrected chi connectivity index (χ2v) is 6.55. The minimum absolute atomic E-state index is 0.342. The summed E-state index contributed by atoms with van der Waals surface area (Å²) in [6, 6.07) is 6.54. The number of carbonyl (C=O) groups excluding carboxylic acids is 1. The molecule has 2 aliphatic rings. The molecule has 1 aromatic rings. The van der Waals surface area contributed by atoms with E-state index in [1.165, 1.54) is 0 Å². The van der Waals surface area contributed by atoms with E-state index in [4.69, 9.17) is 0 Å². The molecule has 1 saturated carbocycles. The molecule has 1 aromatic carbocycles. The molecular formula is C17H22F2N2O2. The van der Waals surface area contributed by atoms with E-state index >= 15 is 0 Å². The SMILES string of the molecule is O=C(NC(c1ccccc1)C(F)F)N1CCC(O)CC12CCC2. The van der Waals surface area contributed by atoms with Crippen LogP contribution in [0, 0.1) is 0 Å². The molecule has 0 radical (unpaired) electrons. The topological polar surface area (TPSA) is 52.6 Å². The van der Waals surface area contributed by atoms with E-state index in [1.54, 1.807) is 35.2 Å². The Morgan fingerprint density at radius 1 is 1.30 bits per heavy atom. The van der Waals surface area contributed by atoms with E-state index in [0.717, 1.165) is 19.3 Å². The number of carbonyl (C=O) groups is 1. The van der Waals surface area contributed by atoms with E-state index in [0.29, 0.717) is 24.9 Å². The first-order chi connectivity index (χ1) is 11.0. The summed E-state index contributed by atoms with van der Waals surface area (Å²) in [6.07, 6.45) is 0.649. The smallest absolute Gasteiger partial charge is 0.318 e. The number of hydrogen-bond acceptors (Lipinski definition) is 2. The number of benzene rings is 1. The van der Waals surface area contributed by atoms with Crippen LogP contribution in [-0.4, -0.2) is 40.7 Å². The second-order valence-electron chi connectivity index (χ2n) is 6.55. The third kappa shape index (κ3) is 3.17. The van der Waals surface area contributed by atoms with Gasteiger partial charge in [0.2, 0.25) is 0 Å². The molecule has 0 aromatic heterocycles. The number of piperidine rings is 1. The van der Waals surface area contributed by atoms with Gasteiger partial charge in [-0.2, -0.15) is 0 Å². The minimum Gasteiger partial charge on any atom is -0.393 e. The Morgan fingerprint density at radius 3 is 2.57 bits per heavy atom. The highest BCUT2D eigenvalue weighted by molar-refractivity contribution is 5.76. The first-order valence-electron chi connectivity index (χ1n) is 8.11. The zero-order valence-electron chi connectivity index (χ0n) is 12.9. The zero-order chi connectivity index (χ0) is 16.4. The van der Waals surface area contributed by atoms with E-state index in [-0.39, 0.29) is 5.54 Å². The molecule has 3 rings (SSSR count). The average molecular weight is 324 g/mol. The molecule has 0 bridgehead atoms. The first kappa shape index (κ1) is 16.2. The van der Waals surface area contributed by atoms with Gasteiger partial charge in [-0.1, -0.05) is 30.3 Å². The Kier molecular flexibility index (Phi) is 4.53. The molecule has 1 spiro atoms. The molecule has 1 heterocycles. The summed E-state index contributed by atoms with van der Waals surface area (Å²) in [6.45, 7) is 0.414. The van der Waals surface area contributed by atoms with Gasteiger partial charge in [-0.3, -0.25) is 0 Å². The molecule has 6 heteroatoms. The van der Waals surface area contributed by atoms with Gasteiger partial charge in [0.1, 0.15) is 6.04 Å². The van der Waals surface area contributed by atoms with Crippen LogP contribution in [0.15, 0.2) is 30.3 Å². The predicted molar refractivity (Wildman–Crippen MR) is 82.2 cm³/mol. The lowest BCUT2D eigenvalue weighted by Gasteiger charge is -2.54. The molecule has 23 heavy (non-hydrogen) atoms. The lowest BCUT2D eigenvalue weighted by atomic mass is 9.69. The molecule has 2 atom stereocenters. The predicted octanol–water partition coefficient (Wildman–Crippen LogP) is 3.08. The number of nitrogens with zero attached hydrogens (tertiary/aromatic N) is 1. The number of amides is 2. The quantitative estimate of drug-likeness (QED) is 0.898. The van der Waals surface area contributed by atoms with E-state index in [9.17, 15) is 18.7 Å². The van der Waals surface area contributed by atoms with Gasteiger partial charge in [0.05, 0.1) is 6.10 Å². The van der Waals surface area contributed by atoms with E-state index < -0.39 is 24.6 Å². The summed E-state index contributed by atoms with van der Waals surface area (Å²) >= 11 is 0. The minimum atomic E-state index is -2.67. The van der Waals surface area contributed by atoms with Crippen molar-refractivity contribution in [2.75, 3.05) is 6.54 Å². The lowest BCUT2D eigenvalue weighted by Crippen LogP contribution is -2.63. The van der Waals surface area contributed by atoms with Crippen molar-refractivity contribution in [3.63, 3.8) is 0 Å². The monoisotopic (exact) mass is 324 g/mol. The standard InChI is InChI=1S/C17H22F2N2O2/c18-15(19)14(12-5-2-1-3-6-12)20-16(23)21-10-7-13(22)11-17(21)8-4-9-17/h1-3,5-6,13-15,22H,4,7-11H2,(H,20,23).